The highest BCUT2D eigenvalue weighted by Crippen LogP contribution is 2.19. The number of hydrogen-bond acceptors (Lipinski definition) is 4. The maximum absolute atomic E-state index is 7.53. The van der Waals surface area contributed by atoms with Gasteiger partial charge in [-0.15, -0.1) is 24.8 Å². The number of hydrogen-bond donors (Lipinski definition) is 4. The number of nitrogens with two attached hydrogens (primary N) is 2. The van der Waals surface area contributed by atoms with Crippen molar-refractivity contribution in [3.8, 4) is 11.5 Å². The summed E-state index contributed by atoms with van der Waals surface area (Å²) in [5, 5.41) is 15.1. The van der Waals surface area contributed by atoms with E-state index in [0.29, 0.717) is 35.8 Å². The Bertz CT molecular complexity index is 978. The van der Waals surface area contributed by atoms with Crippen molar-refractivity contribution < 1.29 is 9.47 Å². The fourth-order valence-corrected chi connectivity index (χ4v) is 2.95. The van der Waals surface area contributed by atoms with Gasteiger partial charge in [-0.1, -0.05) is 42.0 Å². The van der Waals surface area contributed by atoms with Gasteiger partial charge in [-0.3, -0.25) is 10.8 Å². The average Bonchev–Trinajstić information content (AvgIpc) is 2.71. The fourth-order valence-electron chi connectivity index (χ4n) is 2.95. The third-order valence-corrected chi connectivity index (χ3v) is 4.30. The molecule has 0 unspecified atom stereocenters. The van der Waals surface area contributed by atoms with Crippen LogP contribution in [0.5, 0.6) is 11.5 Å². The lowest BCUT2D eigenvalue weighted by atomic mass is 10.1. The van der Waals surface area contributed by atoms with Crippen molar-refractivity contribution in [2.45, 2.75) is 20.1 Å². The molecule has 3 rings (SSSR count). The molecule has 0 aromatic heterocycles. The quantitative estimate of drug-likeness (QED) is 0.290. The summed E-state index contributed by atoms with van der Waals surface area (Å²) in [5.74, 6) is 1.36. The molecule has 164 valence electrons. The van der Waals surface area contributed by atoms with E-state index in [1.807, 2.05) is 37.3 Å². The predicted octanol–water partition coefficient (Wildman–Crippen LogP) is 4.56. The van der Waals surface area contributed by atoms with Gasteiger partial charge in [0.05, 0.1) is 0 Å². The van der Waals surface area contributed by atoms with E-state index >= 15 is 0 Å². The van der Waals surface area contributed by atoms with Gasteiger partial charge < -0.3 is 20.9 Å². The van der Waals surface area contributed by atoms with Crippen LogP contribution >= 0.6 is 24.8 Å². The first kappa shape index (κ1) is 25.8. The molecule has 0 bridgehead atoms. The summed E-state index contributed by atoms with van der Waals surface area (Å²) in [6.45, 7) is 2.82. The first-order valence-electron chi connectivity index (χ1n) is 9.14. The molecule has 31 heavy (non-hydrogen) atoms. The van der Waals surface area contributed by atoms with Gasteiger partial charge >= 0.3 is 0 Å². The Morgan fingerprint density at radius 3 is 1.52 bits per heavy atom. The van der Waals surface area contributed by atoms with Crippen molar-refractivity contribution in [1.82, 2.24) is 0 Å². The minimum absolute atomic E-state index is 0. The molecule has 8 heteroatoms. The van der Waals surface area contributed by atoms with Crippen LogP contribution in [0.1, 0.15) is 27.8 Å². The number of nitrogen functional groups attached to an aromatic ring is 2. The number of ether oxygens (including phenoxy) is 2. The molecule has 0 heterocycles. The SMILES string of the molecule is Cc1cc(COc2cccc(C(=N)N)c2)cc(COc2cccc(C(=N)N)c2)c1.Cl.Cl. The van der Waals surface area contributed by atoms with E-state index in [1.165, 1.54) is 0 Å². The Morgan fingerprint density at radius 2 is 1.13 bits per heavy atom. The van der Waals surface area contributed by atoms with Gasteiger partial charge in [0.25, 0.3) is 0 Å². The van der Waals surface area contributed by atoms with Gasteiger partial charge in [0.2, 0.25) is 0 Å². The molecule has 0 fully saturated rings. The van der Waals surface area contributed by atoms with E-state index in [1.54, 1.807) is 24.3 Å². The van der Waals surface area contributed by atoms with E-state index < -0.39 is 0 Å². The van der Waals surface area contributed by atoms with Crippen molar-refractivity contribution in [2.75, 3.05) is 0 Å². The number of halogens is 2. The van der Waals surface area contributed by atoms with Crippen LogP contribution in [0.25, 0.3) is 0 Å². The maximum atomic E-state index is 7.53. The Labute approximate surface area is 194 Å². The Morgan fingerprint density at radius 1 is 0.710 bits per heavy atom. The van der Waals surface area contributed by atoms with Gasteiger partial charge in [-0.25, -0.2) is 0 Å². The van der Waals surface area contributed by atoms with Crippen LogP contribution in [0.4, 0.5) is 0 Å². The Kier molecular flexibility index (Phi) is 9.86. The first-order valence-corrected chi connectivity index (χ1v) is 9.14. The summed E-state index contributed by atoms with van der Waals surface area (Å²) < 4.78 is 11.7. The van der Waals surface area contributed by atoms with Crippen LogP contribution < -0.4 is 20.9 Å². The monoisotopic (exact) mass is 460 g/mol. The summed E-state index contributed by atoms with van der Waals surface area (Å²) in [4.78, 5) is 0. The molecule has 0 spiro atoms. The molecule has 0 aliphatic carbocycles. The lowest BCUT2D eigenvalue weighted by Gasteiger charge is -2.12. The fraction of sp³-hybridized carbons (Fsp3) is 0.130. The van der Waals surface area contributed by atoms with Crippen molar-refractivity contribution in [2.24, 2.45) is 11.5 Å². The van der Waals surface area contributed by atoms with Crippen molar-refractivity contribution in [1.29, 1.82) is 10.8 Å². The minimum Gasteiger partial charge on any atom is -0.489 e. The van der Waals surface area contributed by atoms with Crippen molar-refractivity contribution in [3.63, 3.8) is 0 Å². The topological polar surface area (TPSA) is 118 Å². The van der Waals surface area contributed by atoms with Crippen LogP contribution in [0.15, 0.2) is 66.7 Å². The molecule has 0 atom stereocenters. The molecule has 0 radical (unpaired) electrons. The molecular weight excluding hydrogens is 435 g/mol. The zero-order valence-electron chi connectivity index (χ0n) is 17.1. The number of nitrogens with one attached hydrogen (secondary N) is 2. The number of amidine groups is 2. The maximum Gasteiger partial charge on any atom is 0.122 e. The van der Waals surface area contributed by atoms with Gasteiger partial charge in [0.1, 0.15) is 36.4 Å². The molecule has 0 saturated carbocycles. The van der Waals surface area contributed by atoms with E-state index in [2.05, 4.69) is 12.1 Å². The standard InChI is InChI=1S/C23H24N4O2.2ClH/c1-15-8-16(13-28-20-6-2-4-18(11-20)22(24)25)10-17(9-15)14-29-21-7-3-5-19(12-21)23(26)27;;/h2-12H,13-14H2,1H3,(H3,24,25)(H3,26,27);2*1H. The summed E-state index contributed by atoms with van der Waals surface area (Å²) in [7, 11) is 0. The molecule has 3 aromatic carbocycles. The molecule has 0 aliphatic heterocycles. The molecule has 6 N–H and O–H groups in total. The summed E-state index contributed by atoms with van der Waals surface area (Å²) in [6.07, 6.45) is 0. The van der Waals surface area contributed by atoms with Crippen LogP contribution in [0.2, 0.25) is 0 Å². The van der Waals surface area contributed by atoms with E-state index in [0.717, 1.165) is 16.7 Å². The average molecular weight is 461 g/mol. The molecule has 0 amide bonds. The lowest BCUT2D eigenvalue weighted by molar-refractivity contribution is 0.299. The van der Waals surface area contributed by atoms with E-state index in [9.17, 15) is 0 Å². The predicted molar refractivity (Wildman–Crippen MR) is 129 cm³/mol. The highest BCUT2D eigenvalue weighted by Gasteiger charge is 2.05. The highest BCUT2D eigenvalue weighted by atomic mass is 35.5. The van der Waals surface area contributed by atoms with Crippen LogP contribution in [0, 0.1) is 17.7 Å². The second kappa shape index (κ2) is 11.8. The normalized spacial score (nSPS) is 9.71. The summed E-state index contributed by atoms with van der Waals surface area (Å²) in [5.41, 5.74) is 15.5. The molecular formula is C23H26Cl2N4O2. The summed E-state index contributed by atoms with van der Waals surface area (Å²) >= 11 is 0. The zero-order chi connectivity index (χ0) is 20.8. The second-order valence-electron chi connectivity index (χ2n) is 6.79. The highest BCUT2D eigenvalue weighted by molar-refractivity contribution is 5.95. The van der Waals surface area contributed by atoms with E-state index in [-0.39, 0.29) is 36.5 Å². The summed E-state index contributed by atoms with van der Waals surface area (Å²) in [6, 6.07) is 20.5. The van der Waals surface area contributed by atoms with Gasteiger partial charge in [0.15, 0.2) is 0 Å². The lowest BCUT2D eigenvalue weighted by Crippen LogP contribution is -2.11. The second-order valence-corrected chi connectivity index (χ2v) is 6.79. The number of aryl methyl sites for hydroxylation is 1. The molecule has 6 nitrogen and oxygen atoms in total. The van der Waals surface area contributed by atoms with Crippen LogP contribution in [-0.4, -0.2) is 11.7 Å². The van der Waals surface area contributed by atoms with Crippen molar-refractivity contribution >= 4 is 36.5 Å². The third-order valence-electron chi connectivity index (χ3n) is 4.30. The minimum atomic E-state index is 0. The Hall–Kier alpha value is -3.22. The zero-order valence-corrected chi connectivity index (χ0v) is 18.7. The van der Waals surface area contributed by atoms with Crippen LogP contribution in [-0.2, 0) is 13.2 Å². The van der Waals surface area contributed by atoms with E-state index in [4.69, 9.17) is 31.8 Å². The molecule has 0 aliphatic rings. The number of benzene rings is 3. The largest absolute Gasteiger partial charge is 0.489 e. The first-order chi connectivity index (χ1) is 13.9. The van der Waals surface area contributed by atoms with Gasteiger partial charge in [0, 0.05) is 11.1 Å². The number of rotatable bonds is 8. The van der Waals surface area contributed by atoms with Gasteiger partial charge in [-0.05, 0) is 48.4 Å². The molecule has 0 saturated heterocycles. The van der Waals surface area contributed by atoms with Crippen LogP contribution in [0.3, 0.4) is 0 Å². The Balaban J connectivity index is 0.00000240. The van der Waals surface area contributed by atoms with Gasteiger partial charge in [-0.2, -0.15) is 0 Å². The molecule has 3 aromatic rings. The third kappa shape index (κ3) is 7.51. The van der Waals surface area contributed by atoms with Crippen molar-refractivity contribution in [3.05, 3.63) is 94.5 Å². The smallest absolute Gasteiger partial charge is 0.122 e.